The number of hydrazine groups is 1. The summed E-state index contributed by atoms with van der Waals surface area (Å²) in [4.78, 5) is 12.4. The van der Waals surface area contributed by atoms with Gasteiger partial charge in [-0.1, -0.05) is 0 Å². The van der Waals surface area contributed by atoms with Gasteiger partial charge in [0.2, 0.25) is 16.3 Å². The minimum atomic E-state index is -0.0485. The molecule has 0 aliphatic heterocycles. The molecule has 112 valence electrons. The number of ether oxygens (including phenoxy) is 1. The predicted octanol–water partition coefficient (Wildman–Crippen LogP) is 0.417. The van der Waals surface area contributed by atoms with Gasteiger partial charge in [0.25, 0.3) is 0 Å². The third-order valence-corrected chi connectivity index (χ3v) is 3.42. The van der Waals surface area contributed by atoms with Crippen LogP contribution < -0.4 is 16.0 Å². The Labute approximate surface area is 124 Å². The van der Waals surface area contributed by atoms with E-state index in [0.717, 1.165) is 12.8 Å². The number of nitrogen functional groups attached to an aromatic ring is 1. The summed E-state index contributed by atoms with van der Waals surface area (Å²) in [6, 6.07) is 0.587. The van der Waals surface area contributed by atoms with Gasteiger partial charge in [0, 0.05) is 0 Å². The summed E-state index contributed by atoms with van der Waals surface area (Å²) in [5.74, 6) is 5.60. The minimum Gasteiger partial charge on any atom is -0.461 e. The highest BCUT2D eigenvalue weighted by atomic mass is 32.2. The van der Waals surface area contributed by atoms with Gasteiger partial charge in [-0.05, 0) is 48.9 Å². The first-order valence-electron chi connectivity index (χ1n) is 6.51. The van der Waals surface area contributed by atoms with Gasteiger partial charge in [-0.2, -0.15) is 15.0 Å². The van der Waals surface area contributed by atoms with Crippen LogP contribution in [0.2, 0.25) is 0 Å². The van der Waals surface area contributed by atoms with Crippen LogP contribution in [-0.4, -0.2) is 41.3 Å². The van der Waals surface area contributed by atoms with Crippen molar-refractivity contribution in [3.8, 4) is 6.01 Å². The van der Waals surface area contributed by atoms with Crippen molar-refractivity contribution in [1.82, 2.24) is 35.2 Å². The number of nitrogens with one attached hydrogen (secondary N) is 1. The van der Waals surface area contributed by atoms with E-state index in [1.165, 1.54) is 11.8 Å². The number of rotatable bonds is 6. The van der Waals surface area contributed by atoms with Crippen LogP contribution in [0, 0.1) is 0 Å². The van der Waals surface area contributed by atoms with E-state index in [1.807, 2.05) is 13.8 Å². The molecular formula is C10H15N9OS. The van der Waals surface area contributed by atoms with Gasteiger partial charge in [-0.3, -0.25) is 5.43 Å². The number of nitrogens with zero attached hydrogens (tertiary/aromatic N) is 7. The second-order valence-corrected chi connectivity index (χ2v) is 5.71. The molecule has 2 aromatic rings. The van der Waals surface area contributed by atoms with E-state index < -0.39 is 0 Å². The van der Waals surface area contributed by atoms with Gasteiger partial charge < -0.3 is 4.74 Å². The lowest BCUT2D eigenvalue weighted by Gasteiger charge is -2.09. The highest BCUT2D eigenvalue weighted by Crippen LogP contribution is 2.37. The fourth-order valence-electron chi connectivity index (χ4n) is 1.59. The van der Waals surface area contributed by atoms with Crippen LogP contribution in [0.5, 0.6) is 6.01 Å². The van der Waals surface area contributed by atoms with Crippen LogP contribution in [0.1, 0.15) is 32.7 Å². The first-order chi connectivity index (χ1) is 10.2. The molecule has 2 heterocycles. The molecule has 0 amide bonds. The molecule has 0 spiro atoms. The van der Waals surface area contributed by atoms with Crippen LogP contribution in [0.25, 0.3) is 0 Å². The Balaban J connectivity index is 1.84. The highest BCUT2D eigenvalue weighted by Gasteiger charge is 2.28. The summed E-state index contributed by atoms with van der Waals surface area (Å²) >= 11 is 1.25. The molecule has 11 heteroatoms. The fourth-order valence-corrected chi connectivity index (χ4v) is 2.37. The first-order valence-corrected chi connectivity index (χ1v) is 7.32. The van der Waals surface area contributed by atoms with Crippen molar-refractivity contribution >= 4 is 17.7 Å². The molecular weight excluding hydrogens is 294 g/mol. The van der Waals surface area contributed by atoms with Crippen molar-refractivity contribution in [2.24, 2.45) is 5.84 Å². The maximum Gasteiger partial charge on any atom is 0.322 e. The topological polar surface area (TPSA) is 130 Å². The highest BCUT2D eigenvalue weighted by molar-refractivity contribution is 7.99. The van der Waals surface area contributed by atoms with Crippen molar-refractivity contribution in [1.29, 1.82) is 0 Å². The van der Waals surface area contributed by atoms with Gasteiger partial charge in [0.05, 0.1) is 12.1 Å². The molecule has 3 N–H and O–H groups in total. The van der Waals surface area contributed by atoms with Crippen LogP contribution in [0.3, 0.4) is 0 Å². The normalized spacial score (nSPS) is 14.5. The van der Waals surface area contributed by atoms with Crippen molar-refractivity contribution in [2.75, 3.05) is 5.43 Å². The Bertz CT molecular complexity index is 627. The molecule has 0 radical (unpaired) electrons. The Morgan fingerprint density at radius 1 is 1.33 bits per heavy atom. The lowest BCUT2D eigenvalue weighted by atomic mass is 10.5. The van der Waals surface area contributed by atoms with Crippen LogP contribution in [-0.2, 0) is 0 Å². The standard InChI is InChI=1S/C10H15N9OS/c1-5(2)20-8-12-7(15-11)13-9(14-8)21-10-16-17-18-19(10)6-3-4-6/h5-6H,3-4,11H2,1-2H3,(H,12,13,14,15). The number of tetrazole rings is 1. The molecule has 0 bridgehead atoms. The first kappa shape index (κ1) is 13.9. The van der Waals surface area contributed by atoms with E-state index in [-0.39, 0.29) is 18.1 Å². The number of nitrogens with two attached hydrogens (primary N) is 1. The monoisotopic (exact) mass is 309 g/mol. The Morgan fingerprint density at radius 2 is 2.14 bits per heavy atom. The largest absolute Gasteiger partial charge is 0.461 e. The smallest absolute Gasteiger partial charge is 0.322 e. The molecule has 0 unspecified atom stereocenters. The summed E-state index contributed by atoms with van der Waals surface area (Å²) in [5, 5.41) is 12.7. The lowest BCUT2D eigenvalue weighted by molar-refractivity contribution is 0.219. The van der Waals surface area contributed by atoms with E-state index in [1.54, 1.807) is 4.68 Å². The Morgan fingerprint density at radius 3 is 2.81 bits per heavy atom. The molecule has 21 heavy (non-hydrogen) atoms. The average molecular weight is 309 g/mol. The molecule has 1 aliphatic rings. The van der Waals surface area contributed by atoms with Gasteiger partial charge in [-0.15, -0.1) is 5.10 Å². The van der Waals surface area contributed by atoms with Gasteiger partial charge in [0.1, 0.15) is 0 Å². The molecule has 2 aromatic heterocycles. The van der Waals surface area contributed by atoms with Crippen LogP contribution >= 0.6 is 11.8 Å². The zero-order chi connectivity index (χ0) is 14.8. The quantitative estimate of drug-likeness (QED) is 0.571. The van der Waals surface area contributed by atoms with Gasteiger partial charge in [0.15, 0.2) is 0 Å². The molecule has 3 rings (SSSR count). The van der Waals surface area contributed by atoms with Crippen LogP contribution in [0.15, 0.2) is 10.3 Å². The van der Waals surface area contributed by atoms with Crippen molar-refractivity contribution in [3.63, 3.8) is 0 Å². The second-order valence-electron chi connectivity index (χ2n) is 4.77. The summed E-state index contributed by atoms with van der Waals surface area (Å²) in [6.45, 7) is 3.78. The summed E-state index contributed by atoms with van der Waals surface area (Å²) in [7, 11) is 0. The molecule has 0 aromatic carbocycles. The lowest BCUT2D eigenvalue weighted by Crippen LogP contribution is -2.15. The van der Waals surface area contributed by atoms with Crippen molar-refractivity contribution in [3.05, 3.63) is 0 Å². The third kappa shape index (κ3) is 3.36. The Kier molecular flexibility index (Phi) is 3.84. The average Bonchev–Trinajstić information content (AvgIpc) is 3.18. The summed E-state index contributed by atoms with van der Waals surface area (Å²) in [5.41, 5.74) is 2.40. The number of anilines is 1. The third-order valence-electron chi connectivity index (χ3n) is 2.60. The summed E-state index contributed by atoms with van der Waals surface area (Å²) in [6.07, 6.45) is 2.13. The Hall–Kier alpha value is -2.01. The molecule has 1 saturated carbocycles. The molecule has 0 atom stereocenters. The molecule has 1 aliphatic carbocycles. The number of hydrogen-bond acceptors (Lipinski definition) is 10. The van der Waals surface area contributed by atoms with Crippen molar-refractivity contribution in [2.45, 2.75) is 49.1 Å². The van der Waals surface area contributed by atoms with Crippen molar-refractivity contribution < 1.29 is 4.74 Å². The van der Waals surface area contributed by atoms with E-state index in [4.69, 9.17) is 10.6 Å². The maximum atomic E-state index is 5.48. The zero-order valence-electron chi connectivity index (χ0n) is 11.6. The van der Waals surface area contributed by atoms with Crippen LogP contribution in [0.4, 0.5) is 5.95 Å². The SMILES string of the molecule is CC(C)Oc1nc(NN)nc(Sc2nnnn2C2CC2)n1. The number of aromatic nitrogens is 7. The zero-order valence-corrected chi connectivity index (χ0v) is 12.4. The maximum absolute atomic E-state index is 5.48. The fraction of sp³-hybridized carbons (Fsp3) is 0.600. The van der Waals surface area contributed by atoms with E-state index in [2.05, 4.69) is 35.9 Å². The molecule has 0 saturated heterocycles. The predicted molar refractivity (Wildman–Crippen MR) is 73.6 cm³/mol. The van der Waals surface area contributed by atoms with Gasteiger partial charge >= 0.3 is 6.01 Å². The second kappa shape index (κ2) is 5.77. The summed E-state index contributed by atoms with van der Waals surface area (Å²) < 4.78 is 7.26. The molecule has 1 fully saturated rings. The van der Waals surface area contributed by atoms with E-state index >= 15 is 0 Å². The van der Waals surface area contributed by atoms with E-state index in [9.17, 15) is 0 Å². The number of hydrogen-bond donors (Lipinski definition) is 2. The minimum absolute atomic E-state index is 0.0485. The molecule has 10 nitrogen and oxygen atoms in total. The van der Waals surface area contributed by atoms with Gasteiger partial charge in [-0.25, -0.2) is 10.5 Å². The van der Waals surface area contributed by atoms with E-state index in [0.29, 0.717) is 16.4 Å².